The molecule has 0 unspecified atom stereocenters. The van der Waals surface area contributed by atoms with Crippen LogP contribution in [0.5, 0.6) is 28.7 Å². The minimum absolute atomic E-state index is 0.0342. The predicted octanol–water partition coefficient (Wildman–Crippen LogP) is 12.4. The highest BCUT2D eigenvalue weighted by Gasteiger charge is 2.19. The number of rotatable bonds is 24. The fourth-order valence-electron chi connectivity index (χ4n) is 6.50. The van der Waals surface area contributed by atoms with E-state index >= 15 is 4.39 Å². The van der Waals surface area contributed by atoms with Gasteiger partial charge in [0.1, 0.15) is 34.6 Å². The van der Waals surface area contributed by atoms with Crippen LogP contribution in [0.4, 0.5) is 4.39 Å². The van der Waals surface area contributed by atoms with Crippen LogP contribution in [0.15, 0.2) is 115 Å². The number of esters is 4. The Balaban J connectivity index is 1.00. The first-order valence-corrected chi connectivity index (χ1v) is 21.3. The van der Waals surface area contributed by atoms with Gasteiger partial charge in [-0.25, -0.2) is 23.6 Å². The van der Waals surface area contributed by atoms with E-state index in [4.69, 9.17) is 28.9 Å². The average Bonchev–Trinajstić information content (AvgIpc) is 3.28. The summed E-state index contributed by atoms with van der Waals surface area (Å²) >= 11 is 0. The van der Waals surface area contributed by atoms with Crippen molar-refractivity contribution >= 4 is 23.9 Å². The summed E-state index contributed by atoms with van der Waals surface area (Å²) in [6.07, 6.45) is 18.0. The highest BCUT2D eigenvalue weighted by Crippen LogP contribution is 2.24. The molecule has 0 aliphatic heterocycles. The number of carbonyl (C=O) groups excluding carboxylic acids is 4. The largest absolute Gasteiger partial charge is 0.494 e. The third-order valence-electron chi connectivity index (χ3n) is 10.0. The van der Waals surface area contributed by atoms with Crippen LogP contribution < -0.4 is 23.7 Å². The molecule has 0 N–H and O–H groups in total. The Morgan fingerprint density at radius 3 is 1.44 bits per heavy atom. The Bertz CT molecular complexity index is 2270. The fourth-order valence-corrected chi connectivity index (χ4v) is 6.50. The number of ether oxygens (including phenoxy) is 5. The van der Waals surface area contributed by atoms with Gasteiger partial charge in [-0.15, -0.1) is 0 Å². The highest BCUT2D eigenvalue weighted by molar-refractivity contribution is 5.95. The smallest absolute Gasteiger partial charge is 0.346 e. The quantitative estimate of drug-likeness (QED) is 0.0335. The predicted molar refractivity (Wildman–Crippen MR) is 233 cm³/mol. The zero-order chi connectivity index (χ0) is 43.9. The maximum absolute atomic E-state index is 15.1. The molecule has 0 aromatic heterocycles. The van der Waals surface area contributed by atoms with Crippen molar-refractivity contribution in [1.29, 1.82) is 5.26 Å². The minimum atomic E-state index is -1.04. The number of benzene rings is 5. The average molecular weight is 842 g/mol. The standard InChI is InChI=1S/C51H52FNO9/c1-2-3-4-5-6-7-8-9-10-11-12-13-14-15-33-58-41-27-21-38(22-28-41)49(55)61-45-31-32-46(47(52)35-45)51(57)62-44-18-16-17-40(34-44)50(56)60-43-29-23-39(24-30-43)48(54)59-42-25-19-37(36-53)20-26-42/h16-32,34-35H,2-15,33H2,1H3. The molecule has 0 fully saturated rings. The molecule has 5 aromatic carbocycles. The first-order valence-electron chi connectivity index (χ1n) is 21.3. The van der Waals surface area contributed by atoms with Crippen molar-refractivity contribution in [1.82, 2.24) is 0 Å². The molecule has 322 valence electrons. The molecule has 10 nitrogen and oxygen atoms in total. The molecule has 0 saturated heterocycles. The van der Waals surface area contributed by atoms with E-state index < -0.39 is 35.3 Å². The minimum Gasteiger partial charge on any atom is -0.494 e. The van der Waals surface area contributed by atoms with Crippen LogP contribution in [-0.4, -0.2) is 30.5 Å². The number of halogens is 1. The molecule has 5 aromatic rings. The van der Waals surface area contributed by atoms with Crippen molar-refractivity contribution in [2.45, 2.75) is 96.8 Å². The van der Waals surface area contributed by atoms with Crippen molar-refractivity contribution in [2.75, 3.05) is 6.61 Å². The van der Waals surface area contributed by atoms with Crippen LogP contribution in [0.2, 0.25) is 0 Å². The van der Waals surface area contributed by atoms with Crippen molar-refractivity contribution in [3.8, 4) is 34.8 Å². The maximum Gasteiger partial charge on any atom is 0.346 e. The fraction of sp³-hybridized carbons (Fsp3) is 0.314. The number of nitrogens with zero attached hydrogens (tertiary/aromatic N) is 1. The molecule has 5 rings (SSSR count). The summed E-state index contributed by atoms with van der Waals surface area (Å²) in [5, 5.41) is 8.92. The second kappa shape index (κ2) is 25.1. The lowest BCUT2D eigenvalue weighted by molar-refractivity contribution is 0.0709. The van der Waals surface area contributed by atoms with E-state index in [1.54, 1.807) is 24.3 Å². The van der Waals surface area contributed by atoms with Crippen LogP contribution in [0.25, 0.3) is 0 Å². The zero-order valence-corrected chi connectivity index (χ0v) is 35.1. The molecule has 0 saturated carbocycles. The van der Waals surface area contributed by atoms with E-state index in [1.807, 2.05) is 6.07 Å². The van der Waals surface area contributed by atoms with Gasteiger partial charge in [0.15, 0.2) is 0 Å². The lowest BCUT2D eigenvalue weighted by atomic mass is 10.0. The van der Waals surface area contributed by atoms with Gasteiger partial charge in [0.05, 0.1) is 40.5 Å². The van der Waals surface area contributed by atoms with E-state index in [9.17, 15) is 19.2 Å². The van der Waals surface area contributed by atoms with Crippen molar-refractivity contribution in [3.05, 3.63) is 149 Å². The monoisotopic (exact) mass is 841 g/mol. The number of hydrogen-bond donors (Lipinski definition) is 0. The highest BCUT2D eigenvalue weighted by atomic mass is 19.1. The number of unbranched alkanes of at least 4 members (excludes halogenated alkanes) is 13. The lowest BCUT2D eigenvalue weighted by Crippen LogP contribution is -2.13. The van der Waals surface area contributed by atoms with Gasteiger partial charge < -0.3 is 23.7 Å². The van der Waals surface area contributed by atoms with Gasteiger partial charge in [-0.1, -0.05) is 96.5 Å². The van der Waals surface area contributed by atoms with Crippen LogP contribution in [-0.2, 0) is 0 Å². The number of nitriles is 1. The Morgan fingerprint density at radius 1 is 0.468 bits per heavy atom. The molecule has 62 heavy (non-hydrogen) atoms. The lowest BCUT2D eigenvalue weighted by Gasteiger charge is -2.10. The van der Waals surface area contributed by atoms with E-state index in [-0.39, 0.29) is 39.7 Å². The molecule has 0 heterocycles. The zero-order valence-electron chi connectivity index (χ0n) is 35.1. The Hall–Kier alpha value is -6.80. The summed E-state index contributed by atoms with van der Waals surface area (Å²) in [7, 11) is 0. The van der Waals surface area contributed by atoms with E-state index in [1.165, 1.54) is 156 Å². The molecule has 0 spiro atoms. The van der Waals surface area contributed by atoms with Gasteiger partial charge in [0.2, 0.25) is 0 Å². The summed E-state index contributed by atoms with van der Waals surface area (Å²) in [5.41, 5.74) is 0.480. The SMILES string of the molecule is CCCCCCCCCCCCCCCCOc1ccc(C(=O)Oc2ccc(C(=O)Oc3cccc(C(=O)Oc4ccc(C(=O)Oc5ccc(C#N)cc5)cc4)c3)c(F)c2)cc1. The van der Waals surface area contributed by atoms with Gasteiger partial charge >= 0.3 is 23.9 Å². The van der Waals surface area contributed by atoms with E-state index in [0.29, 0.717) is 17.9 Å². The van der Waals surface area contributed by atoms with E-state index in [0.717, 1.165) is 25.0 Å². The molecular weight excluding hydrogens is 790 g/mol. The number of carbonyl (C=O) groups is 4. The summed E-state index contributed by atoms with van der Waals surface area (Å²) in [5.74, 6) is -3.28. The molecular formula is C51H52FNO9. The summed E-state index contributed by atoms with van der Waals surface area (Å²) < 4.78 is 42.3. The number of hydrogen-bond acceptors (Lipinski definition) is 10. The van der Waals surface area contributed by atoms with Gasteiger partial charge in [-0.3, -0.25) is 0 Å². The Labute approximate surface area is 362 Å². The second-order valence-electron chi connectivity index (χ2n) is 14.9. The second-order valence-corrected chi connectivity index (χ2v) is 14.9. The molecule has 0 bridgehead atoms. The van der Waals surface area contributed by atoms with Gasteiger partial charge in [0.25, 0.3) is 0 Å². The van der Waals surface area contributed by atoms with Gasteiger partial charge in [-0.2, -0.15) is 5.26 Å². The summed E-state index contributed by atoms with van der Waals surface area (Å²) in [4.78, 5) is 51.1. The van der Waals surface area contributed by atoms with Gasteiger partial charge in [0, 0.05) is 6.07 Å². The summed E-state index contributed by atoms with van der Waals surface area (Å²) in [6.45, 7) is 2.85. The van der Waals surface area contributed by atoms with Crippen LogP contribution in [0.1, 0.15) is 144 Å². The first kappa shape index (κ1) is 46.3. The normalized spacial score (nSPS) is 10.7. The van der Waals surface area contributed by atoms with Crippen molar-refractivity contribution < 1.29 is 47.3 Å². The van der Waals surface area contributed by atoms with Crippen LogP contribution in [0, 0.1) is 17.1 Å². The third kappa shape index (κ3) is 15.3. The van der Waals surface area contributed by atoms with E-state index in [2.05, 4.69) is 6.92 Å². The molecule has 0 aliphatic rings. The van der Waals surface area contributed by atoms with Crippen molar-refractivity contribution in [2.24, 2.45) is 0 Å². The molecule has 0 radical (unpaired) electrons. The van der Waals surface area contributed by atoms with Gasteiger partial charge in [-0.05, 0) is 110 Å². The summed E-state index contributed by atoms with van der Waals surface area (Å²) in [6, 6.07) is 29.1. The first-order chi connectivity index (χ1) is 30.2. The molecule has 0 amide bonds. The molecule has 11 heteroatoms. The Morgan fingerprint density at radius 2 is 0.903 bits per heavy atom. The molecule has 0 aliphatic carbocycles. The van der Waals surface area contributed by atoms with Crippen LogP contribution >= 0.6 is 0 Å². The Kier molecular flexibility index (Phi) is 18.7. The molecule has 0 atom stereocenters. The maximum atomic E-state index is 15.1. The van der Waals surface area contributed by atoms with Crippen molar-refractivity contribution in [3.63, 3.8) is 0 Å². The topological polar surface area (TPSA) is 138 Å². The third-order valence-corrected chi connectivity index (χ3v) is 10.0. The van der Waals surface area contributed by atoms with Crippen LogP contribution in [0.3, 0.4) is 0 Å².